The van der Waals surface area contributed by atoms with E-state index in [1.54, 1.807) is 18.2 Å². The van der Waals surface area contributed by atoms with E-state index >= 15 is 0 Å². The van der Waals surface area contributed by atoms with Crippen LogP contribution in [0, 0.1) is 5.82 Å². The molecule has 0 aliphatic rings. The Balaban J connectivity index is 1.43. The van der Waals surface area contributed by atoms with Gasteiger partial charge in [0.1, 0.15) is 17.2 Å². The van der Waals surface area contributed by atoms with Gasteiger partial charge in [-0.2, -0.15) is 13.2 Å². The van der Waals surface area contributed by atoms with Crippen LogP contribution < -0.4 is 16.0 Å². The van der Waals surface area contributed by atoms with Crippen molar-refractivity contribution in [2.24, 2.45) is 0 Å². The SMILES string of the molecule is CCCCn1c(=O)n(Cc2ccccc2F)c(=O)c2[nH]c(Cc3ccc(NS(=O)(=O)c4ccccc4C(F)(F)F)cc3)nc21. The third-order valence-electron chi connectivity index (χ3n) is 6.99. The van der Waals surface area contributed by atoms with Crippen LogP contribution in [0.25, 0.3) is 11.2 Å². The third-order valence-corrected chi connectivity index (χ3v) is 8.43. The number of nitrogens with one attached hydrogen (secondary N) is 2. The van der Waals surface area contributed by atoms with Crippen molar-refractivity contribution in [2.45, 2.75) is 50.3 Å². The predicted octanol–water partition coefficient (Wildman–Crippen LogP) is 5.28. The van der Waals surface area contributed by atoms with E-state index in [0.717, 1.165) is 23.1 Å². The normalized spacial score (nSPS) is 12.1. The van der Waals surface area contributed by atoms with E-state index in [-0.39, 0.29) is 35.4 Å². The van der Waals surface area contributed by atoms with Crippen LogP contribution in [-0.4, -0.2) is 27.5 Å². The molecule has 0 fully saturated rings. The fourth-order valence-electron chi connectivity index (χ4n) is 4.78. The van der Waals surface area contributed by atoms with Crippen molar-refractivity contribution in [1.82, 2.24) is 19.1 Å². The zero-order chi connectivity index (χ0) is 31.6. The molecule has 0 aliphatic carbocycles. The molecule has 0 spiro atoms. The Morgan fingerprint density at radius 2 is 1.61 bits per heavy atom. The maximum atomic E-state index is 14.3. The van der Waals surface area contributed by atoms with Crippen molar-refractivity contribution in [3.05, 3.63) is 122 Å². The molecule has 3 aromatic carbocycles. The second-order valence-corrected chi connectivity index (χ2v) is 11.8. The molecule has 0 radical (unpaired) electrons. The van der Waals surface area contributed by atoms with Crippen molar-refractivity contribution in [2.75, 3.05) is 4.72 Å². The van der Waals surface area contributed by atoms with Crippen LogP contribution in [0.15, 0.2) is 87.3 Å². The van der Waals surface area contributed by atoms with Crippen molar-refractivity contribution < 1.29 is 26.0 Å². The molecule has 0 atom stereocenters. The minimum absolute atomic E-state index is 0.0415. The smallest absolute Gasteiger partial charge is 0.336 e. The summed E-state index contributed by atoms with van der Waals surface area (Å²) in [7, 11) is -4.55. The Kier molecular flexibility index (Phi) is 8.46. The lowest BCUT2D eigenvalue weighted by atomic mass is 10.1. The van der Waals surface area contributed by atoms with Crippen LogP contribution in [0.5, 0.6) is 0 Å². The minimum atomic E-state index is -4.86. The number of halogens is 4. The molecule has 0 saturated heterocycles. The maximum absolute atomic E-state index is 14.3. The first-order valence-electron chi connectivity index (χ1n) is 13.6. The van der Waals surface area contributed by atoms with Gasteiger partial charge in [0.2, 0.25) is 0 Å². The summed E-state index contributed by atoms with van der Waals surface area (Å²) < 4.78 is 84.5. The average molecular weight is 630 g/mol. The lowest BCUT2D eigenvalue weighted by Gasteiger charge is -2.14. The molecule has 44 heavy (non-hydrogen) atoms. The van der Waals surface area contributed by atoms with Gasteiger partial charge >= 0.3 is 11.9 Å². The minimum Gasteiger partial charge on any atom is -0.336 e. The highest BCUT2D eigenvalue weighted by Gasteiger charge is 2.37. The van der Waals surface area contributed by atoms with E-state index in [9.17, 15) is 35.6 Å². The topological polar surface area (TPSA) is 119 Å². The number of aromatic nitrogens is 4. The first kappa shape index (κ1) is 30.7. The van der Waals surface area contributed by atoms with Crippen molar-refractivity contribution in [3.63, 3.8) is 0 Å². The number of aryl methyl sites for hydroxylation is 1. The number of nitrogens with zero attached hydrogens (tertiary/aromatic N) is 3. The molecule has 2 N–H and O–H groups in total. The second-order valence-electron chi connectivity index (χ2n) is 10.1. The molecular weight excluding hydrogens is 602 g/mol. The summed E-state index contributed by atoms with van der Waals surface area (Å²) in [5, 5.41) is 0. The molecule has 230 valence electrons. The molecule has 0 unspecified atom stereocenters. The molecule has 5 aromatic rings. The van der Waals surface area contributed by atoms with Crippen molar-refractivity contribution in [3.8, 4) is 0 Å². The molecule has 2 heterocycles. The molecule has 0 amide bonds. The first-order valence-corrected chi connectivity index (χ1v) is 15.1. The third kappa shape index (κ3) is 6.30. The predicted molar refractivity (Wildman–Crippen MR) is 157 cm³/mol. The number of aromatic amines is 1. The molecule has 14 heteroatoms. The van der Waals surface area contributed by atoms with Crippen LogP contribution >= 0.6 is 0 Å². The Bertz CT molecular complexity index is 2050. The van der Waals surface area contributed by atoms with Gasteiger partial charge in [-0.05, 0) is 42.3 Å². The van der Waals surface area contributed by atoms with Gasteiger partial charge < -0.3 is 4.98 Å². The van der Waals surface area contributed by atoms with Crippen LogP contribution in [0.2, 0.25) is 0 Å². The summed E-state index contributed by atoms with van der Waals surface area (Å²) in [4.78, 5) is 33.3. The molecule has 0 bridgehead atoms. The van der Waals surface area contributed by atoms with Crippen LogP contribution in [0.4, 0.5) is 23.2 Å². The highest BCUT2D eigenvalue weighted by atomic mass is 32.2. The van der Waals surface area contributed by atoms with E-state index in [1.807, 2.05) is 6.92 Å². The zero-order valence-electron chi connectivity index (χ0n) is 23.4. The number of hydrogen-bond acceptors (Lipinski definition) is 5. The zero-order valence-corrected chi connectivity index (χ0v) is 24.2. The molecule has 0 aliphatic heterocycles. The number of unbranched alkanes of at least 4 members (excludes halogenated alkanes) is 1. The van der Waals surface area contributed by atoms with Gasteiger partial charge in [-0.3, -0.25) is 18.7 Å². The molecule has 0 saturated carbocycles. The highest BCUT2D eigenvalue weighted by molar-refractivity contribution is 7.92. The number of benzene rings is 3. The van der Waals surface area contributed by atoms with Gasteiger partial charge in [0.15, 0.2) is 5.65 Å². The van der Waals surface area contributed by atoms with Crippen LogP contribution in [0.3, 0.4) is 0 Å². The number of anilines is 1. The summed E-state index contributed by atoms with van der Waals surface area (Å²) in [6.07, 6.45) is -3.28. The summed E-state index contributed by atoms with van der Waals surface area (Å²) in [6, 6.07) is 15.7. The fourth-order valence-corrected chi connectivity index (χ4v) is 6.07. The number of fused-ring (bicyclic) bond motifs is 1. The van der Waals surface area contributed by atoms with E-state index < -0.39 is 43.7 Å². The first-order chi connectivity index (χ1) is 20.9. The second kappa shape index (κ2) is 12.1. The Hall–Kier alpha value is -4.72. The number of imidazole rings is 1. The quantitative estimate of drug-likeness (QED) is 0.204. The van der Waals surface area contributed by atoms with E-state index in [4.69, 9.17) is 0 Å². The summed E-state index contributed by atoms with van der Waals surface area (Å²) in [5.41, 5.74) is -1.42. The van der Waals surface area contributed by atoms with Gasteiger partial charge in [0, 0.05) is 24.2 Å². The van der Waals surface area contributed by atoms with Gasteiger partial charge in [-0.1, -0.05) is 55.8 Å². The summed E-state index contributed by atoms with van der Waals surface area (Å²) >= 11 is 0. The van der Waals surface area contributed by atoms with Crippen LogP contribution in [0.1, 0.15) is 42.3 Å². The van der Waals surface area contributed by atoms with Gasteiger partial charge in [0.05, 0.1) is 17.0 Å². The van der Waals surface area contributed by atoms with Crippen molar-refractivity contribution >= 4 is 26.9 Å². The van der Waals surface area contributed by atoms with Crippen molar-refractivity contribution in [1.29, 1.82) is 0 Å². The van der Waals surface area contributed by atoms with E-state index in [0.29, 0.717) is 30.4 Å². The monoisotopic (exact) mass is 629 g/mol. The standard InChI is InChI=1S/C30H27F4N5O4S/c1-2-3-16-38-27-26(28(40)39(29(38)41)18-20-8-4-6-10-23(20)31)35-25(36-27)17-19-12-14-21(15-13-19)37-44(42,43)24-11-7-5-9-22(24)30(32,33)34/h4-15,37H,2-3,16-18H2,1H3,(H,35,36). The van der Waals surface area contributed by atoms with Crippen LogP contribution in [-0.2, 0) is 35.7 Å². The number of hydrogen-bond donors (Lipinski definition) is 2. The average Bonchev–Trinajstić information content (AvgIpc) is 3.40. The lowest BCUT2D eigenvalue weighted by molar-refractivity contribution is -0.139. The highest BCUT2D eigenvalue weighted by Crippen LogP contribution is 2.34. The maximum Gasteiger partial charge on any atom is 0.417 e. The van der Waals surface area contributed by atoms with Gasteiger partial charge in [-0.25, -0.2) is 22.6 Å². The van der Waals surface area contributed by atoms with Gasteiger partial charge in [-0.15, -0.1) is 0 Å². The molecule has 5 rings (SSSR count). The van der Waals surface area contributed by atoms with E-state index in [2.05, 4.69) is 14.7 Å². The summed E-state index contributed by atoms with van der Waals surface area (Å²) in [6.45, 7) is 1.98. The Morgan fingerprint density at radius 1 is 0.932 bits per heavy atom. The fraction of sp³-hybridized carbons (Fsp3) is 0.233. The Morgan fingerprint density at radius 3 is 2.30 bits per heavy atom. The molecular formula is C30H27F4N5O4S. The number of H-pyrrole nitrogens is 1. The number of rotatable bonds is 10. The Labute approximate surface area is 248 Å². The van der Waals surface area contributed by atoms with E-state index in [1.165, 1.54) is 41.0 Å². The molecule has 9 nitrogen and oxygen atoms in total. The molecule has 2 aromatic heterocycles. The van der Waals surface area contributed by atoms with Gasteiger partial charge in [0.25, 0.3) is 15.6 Å². The number of sulfonamides is 1. The largest absolute Gasteiger partial charge is 0.417 e. The summed E-state index contributed by atoms with van der Waals surface area (Å²) in [5.74, 6) is -0.197. The lowest BCUT2D eigenvalue weighted by Crippen LogP contribution is -2.40. The number of alkyl halides is 3.